The number of benzene rings is 2. The summed E-state index contributed by atoms with van der Waals surface area (Å²) in [6, 6.07) is 16.1. The zero-order valence-corrected chi connectivity index (χ0v) is 14.5. The molecule has 8 heteroatoms. The van der Waals surface area contributed by atoms with Gasteiger partial charge in [0.2, 0.25) is 0 Å². The molecule has 0 bridgehead atoms. The third-order valence-corrected chi connectivity index (χ3v) is 5.50. The van der Waals surface area contributed by atoms with E-state index < -0.39 is 0 Å². The second kappa shape index (κ2) is 7.12. The van der Waals surface area contributed by atoms with E-state index in [1.165, 1.54) is 12.1 Å². The SMILES string of the molecule is Fc1ccc(-c2csc(SCc3nnnn3-c3ccccc3)n2)cc1. The van der Waals surface area contributed by atoms with Crippen molar-refractivity contribution in [2.75, 3.05) is 0 Å². The van der Waals surface area contributed by atoms with Gasteiger partial charge in [0.1, 0.15) is 5.82 Å². The first-order valence-electron chi connectivity index (χ1n) is 7.46. The molecule has 2 aromatic carbocycles. The van der Waals surface area contributed by atoms with Crippen molar-refractivity contribution in [2.24, 2.45) is 0 Å². The van der Waals surface area contributed by atoms with Crippen LogP contribution in [-0.4, -0.2) is 25.2 Å². The third kappa shape index (κ3) is 3.59. The quantitative estimate of drug-likeness (QED) is 0.493. The van der Waals surface area contributed by atoms with E-state index in [0.717, 1.165) is 27.1 Å². The molecule has 0 unspecified atom stereocenters. The Morgan fingerprint density at radius 2 is 1.84 bits per heavy atom. The zero-order chi connectivity index (χ0) is 17.1. The molecule has 4 rings (SSSR count). The maximum atomic E-state index is 13.0. The van der Waals surface area contributed by atoms with Gasteiger partial charge in [-0.1, -0.05) is 30.0 Å². The van der Waals surface area contributed by atoms with Crippen LogP contribution in [-0.2, 0) is 5.75 Å². The van der Waals surface area contributed by atoms with Crippen molar-refractivity contribution in [1.29, 1.82) is 0 Å². The Bertz CT molecular complexity index is 966. The molecule has 2 heterocycles. The number of rotatable bonds is 5. The predicted molar refractivity (Wildman–Crippen MR) is 96.2 cm³/mol. The third-order valence-electron chi connectivity index (χ3n) is 3.48. The predicted octanol–water partition coefficient (Wildman–Crippen LogP) is 4.22. The van der Waals surface area contributed by atoms with Gasteiger partial charge in [-0.15, -0.1) is 16.4 Å². The van der Waals surface area contributed by atoms with Gasteiger partial charge in [-0.25, -0.2) is 9.37 Å². The molecular formula is C17H12FN5S2. The highest BCUT2D eigenvalue weighted by Crippen LogP contribution is 2.30. The van der Waals surface area contributed by atoms with Gasteiger partial charge < -0.3 is 0 Å². The van der Waals surface area contributed by atoms with Crippen molar-refractivity contribution < 1.29 is 4.39 Å². The summed E-state index contributed by atoms with van der Waals surface area (Å²) in [5.74, 6) is 1.12. The molecule has 0 aliphatic carbocycles. The number of para-hydroxylation sites is 1. The van der Waals surface area contributed by atoms with Gasteiger partial charge in [-0.3, -0.25) is 0 Å². The molecule has 2 aromatic heterocycles. The Morgan fingerprint density at radius 3 is 2.64 bits per heavy atom. The monoisotopic (exact) mass is 369 g/mol. The minimum Gasteiger partial charge on any atom is -0.230 e. The molecule has 0 spiro atoms. The van der Waals surface area contributed by atoms with Gasteiger partial charge in [0, 0.05) is 10.9 Å². The smallest absolute Gasteiger partial charge is 0.167 e. The molecule has 0 saturated heterocycles. The standard InChI is InChI=1S/C17H12FN5S2/c18-13-8-6-12(7-9-13)15-10-24-17(19-15)25-11-16-20-21-22-23(16)14-4-2-1-3-5-14/h1-10H,11H2. The van der Waals surface area contributed by atoms with E-state index in [4.69, 9.17) is 0 Å². The lowest BCUT2D eigenvalue weighted by molar-refractivity contribution is 0.628. The lowest BCUT2D eigenvalue weighted by Crippen LogP contribution is -2.01. The zero-order valence-electron chi connectivity index (χ0n) is 12.9. The minimum atomic E-state index is -0.249. The molecule has 0 aliphatic heterocycles. The lowest BCUT2D eigenvalue weighted by atomic mass is 10.2. The normalized spacial score (nSPS) is 10.9. The summed E-state index contributed by atoms with van der Waals surface area (Å²) in [6.07, 6.45) is 0. The van der Waals surface area contributed by atoms with Crippen molar-refractivity contribution in [3.63, 3.8) is 0 Å². The van der Waals surface area contributed by atoms with Crippen LogP contribution >= 0.6 is 23.1 Å². The topological polar surface area (TPSA) is 56.5 Å². The number of hydrogen-bond donors (Lipinski definition) is 0. The van der Waals surface area contributed by atoms with E-state index in [2.05, 4.69) is 20.5 Å². The van der Waals surface area contributed by atoms with Gasteiger partial charge in [0.25, 0.3) is 0 Å². The Kier molecular flexibility index (Phi) is 4.53. The molecule has 0 radical (unpaired) electrons. The summed E-state index contributed by atoms with van der Waals surface area (Å²) in [7, 11) is 0. The largest absolute Gasteiger partial charge is 0.230 e. The molecule has 0 fully saturated rings. The highest BCUT2D eigenvalue weighted by atomic mass is 32.2. The van der Waals surface area contributed by atoms with Gasteiger partial charge >= 0.3 is 0 Å². The fourth-order valence-corrected chi connectivity index (χ4v) is 4.01. The maximum absolute atomic E-state index is 13.0. The minimum absolute atomic E-state index is 0.249. The number of nitrogens with zero attached hydrogens (tertiary/aromatic N) is 5. The molecule has 0 N–H and O–H groups in total. The van der Waals surface area contributed by atoms with Crippen molar-refractivity contribution in [1.82, 2.24) is 25.2 Å². The number of aromatic nitrogens is 5. The van der Waals surface area contributed by atoms with Crippen LogP contribution in [0.15, 0.2) is 64.3 Å². The van der Waals surface area contributed by atoms with Crippen molar-refractivity contribution in [2.45, 2.75) is 10.1 Å². The summed E-state index contributed by atoms with van der Waals surface area (Å²) in [4.78, 5) is 4.59. The van der Waals surface area contributed by atoms with Crippen LogP contribution in [0.5, 0.6) is 0 Å². The van der Waals surface area contributed by atoms with Crippen LogP contribution < -0.4 is 0 Å². The van der Waals surface area contributed by atoms with Crippen LogP contribution in [0.2, 0.25) is 0 Å². The Hall–Kier alpha value is -2.58. The first-order valence-corrected chi connectivity index (χ1v) is 9.33. The number of halogens is 1. The van der Waals surface area contributed by atoms with Crippen LogP contribution in [0, 0.1) is 5.82 Å². The molecule has 0 amide bonds. The van der Waals surface area contributed by atoms with Crippen LogP contribution in [0.3, 0.4) is 0 Å². The summed E-state index contributed by atoms with van der Waals surface area (Å²) in [5.41, 5.74) is 2.67. The Labute approximate surface area is 151 Å². The van der Waals surface area contributed by atoms with Gasteiger partial charge in [-0.2, -0.15) is 4.68 Å². The van der Waals surface area contributed by atoms with Gasteiger partial charge in [-0.05, 0) is 46.8 Å². The molecular weight excluding hydrogens is 357 g/mol. The summed E-state index contributed by atoms with van der Waals surface area (Å²) in [5, 5.41) is 13.9. The number of hydrogen-bond acceptors (Lipinski definition) is 6. The average molecular weight is 369 g/mol. The molecule has 0 aliphatic rings. The van der Waals surface area contributed by atoms with E-state index in [1.807, 2.05) is 35.7 Å². The number of tetrazole rings is 1. The van der Waals surface area contributed by atoms with E-state index in [0.29, 0.717) is 5.75 Å². The number of thiazole rings is 1. The van der Waals surface area contributed by atoms with Gasteiger partial charge in [0.05, 0.1) is 17.1 Å². The Balaban J connectivity index is 1.48. The highest BCUT2D eigenvalue weighted by Gasteiger charge is 2.11. The first-order chi connectivity index (χ1) is 12.3. The second-order valence-electron chi connectivity index (χ2n) is 5.14. The summed E-state index contributed by atoms with van der Waals surface area (Å²) in [6.45, 7) is 0. The van der Waals surface area contributed by atoms with E-state index >= 15 is 0 Å². The lowest BCUT2D eigenvalue weighted by Gasteiger charge is -2.02. The molecule has 5 nitrogen and oxygen atoms in total. The van der Waals surface area contributed by atoms with Crippen LogP contribution in [0.4, 0.5) is 4.39 Å². The van der Waals surface area contributed by atoms with Gasteiger partial charge in [0.15, 0.2) is 10.2 Å². The van der Waals surface area contributed by atoms with Crippen molar-refractivity contribution in [3.05, 3.63) is 71.6 Å². The Morgan fingerprint density at radius 1 is 1.04 bits per heavy atom. The first kappa shape index (κ1) is 15.9. The van der Waals surface area contributed by atoms with E-state index in [1.54, 1.807) is 39.9 Å². The van der Waals surface area contributed by atoms with Crippen LogP contribution in [0.25, 0.3) is 16.9 Å². The molecule has 124 valence electrons. The van der Waals surface area contributed by atoms with E-state index in [9.17, 15) is 4.39 Å². The molecule has 0 saturated carbocycles. The van der Waals surface area contributed by atoms with Crippen LogP contribution in [0.1, 0.15) is 5.82 Å². The number of thioether (sulfide) groups is 1. The summed E-state index contributed by atoms with van der Waals surface area (Å²) < 4.78 is 15.7. The molecule has 25 heavy (non-hydrogen) atoms. The fraction of sp³-hybridized carbons (Fsp3) is 0.0588. The summed E-state index contributed by atoms with van der Waals surface area (Å²) >= 11 is 3.13. The van der Waals surface area contributed by atoms with E-state index in [-0.39, 0.29) is 5.82 Å². The fourth-order valence-electron chi connectivity index (χ4n) is 2.27. The molecule has 0 atom stereocenters. The average Bonchev–Trinajstić information content (AvgIpc) is 3.31. The second-order valence-corrected chi connectivity index (χ2v) is 7.22. The van der Waals surface area contributed by atoms with Crippen molar-refractivity contribution >= 4 is 23.1 Å². The van der Waals surface area contributed by atoms with Crippen molar-refractivity contribution in [3.8, 4) is 16.9 Å². The maximum Gasteiger partial charge on any atom is 0.167 e. The molecule has 4 aromatic rings. The highest BCUT2D eigenvalue weighted by molar-refractivity contribution is 8.00.